The molecule has 0 fully saturated rings. The van der Waals surface area contributed by atoms with Crippen LogP contribution in [0.3, 0.4) is 0 Å². The molecule has 1 aliphatic heterocycles. The number of hydrazone groups is 2. The Morgan fingerprint density at radius 2 is 1.00 bits per heavy atom. The third-order valence-electron chi connectivity index (χ3n) is 3.21. The zero-order valence-electron chi connectivity index (χ0n) is 11.7. The predicted octanol–water partition coefficient (Wildman–Crippen LogP) is 3.60. The van der Waals surface area contributed by atoms with Crippen LogP contribution in [-0.2, 0) is 12.8 Å². The summed E-state index contributed by atoms with van der Waals surface area (Å²) < 4.78 is 0. The maximum absolute atomic E-state index is 5.87. The fourth-order valence-corrected chi connectivity index (χ4v) is 2.32. The maximum Gasteiger partial charge on any atom is 0.147 e. The molecule has 4 nitrogen and oxygen atoms in total. The van der Waals surface area contributed by atoms with Crippen molar-refractivity contribution in [2.24, 2.45) is 10.2 Å². The van der Waals surface area contributed by atoms with Crippen LogP contribution in [0.25, 0.3) is 0 Å². The number of hydrogen-bond donors (Lipinski definition) is 2. The van der Waals surface area contributed by atoms with Crippen molar-refractivity contribution in [3.8, 4) is 0 Å². The third kappa shape index (κ3) is 4.00. The van der Waals surface area contributed by atoms with Gasteiger partial charge in [0.25, 0.3) is 0 Å². The van der Waals surface area contributed by atoms with Crippen LogP contribution in [0.15, 0.2) is 58.7 Å². The van der Waals surface area contributed by atoms with E-state index < -0.39 is 0 Å². The lowest BCUT2D eigenvalue weighted by Gasteiger charge is -2.15. The highest BCUT2D eigenvalue weighted by Gasteiger charge is 2.09. The molecule has 0 radical (unpaired) electrons. The van der Waals surface area contributed by atoms with Crippen LogP contribution in [0.2, 0.25) is 10.0 Å². The first kappa shape index (κ1) is 14.9. The third-order valence-corrected chi connectivity index (χ3v) is 3.71. The number of halogens is 2. The molecule has 0 atom stereocenters. The maximum atomic E-state index is 5.87. The lowest BCUT2D eigenvalue weighted by Crippen LogP contribution is -2.35. The minimum absolute atomic E-state index is 0.669. The molecule has 2 N–H and O–H groups in total. The van der Waals surface area contributed by atoms with Gasteiger partial charge in [0.05, 0.1) is 0 Å². The Morgan fingerprint density at radius 3 is 1.32 bits per heavy atom. The van der Waals surface area contributed by atoms with E-state index >= 15 is 0 Å². The molecule has 112 valence electrons. The molecule has 0 spiro atoms. The zero-order valence-corrected chi connectivity index (χ0v) is 13.2. The Morgan fingerprint density at radius 1 is 0.636 bits per heavy atom. The second-order valence-electron chi connectivity index (χ2n) is 4.95. The number of nitrogens with one attached hydrogen (secondary N) is 2. The van der Waals surface area contributed by atoms with Gasteiger partial charge in [-0.2, -0.15) is 10.2 Å². The number of amidine groups is 2. The highest BCUT2D eigenvalue weighted by Crippen LogP contribution is 2.12. The van der Waals surface area contributed by atoms with Gasteiger partial charge in [0, 0.05) is 22.9 Å². The summed E-state index contributed by atoms with van der Waals surface area (Å²) in [6.45, 7) is 0. The fraction of sp³-hybridized carbons (Fsp3) is 0.125. The molecule has 0 unspecified atom stereocenters. The summed E-state index contributed by atoms with van der Waals surface area (Å²) in [5, 5.41) is 10.1. The normalized spacial score (nSPS) is 13.7. The minimum atomic E-state index is 0.669. The quantitative estimate of drug-likeness (QED) is 0.898. The van der Waals surface area contributed by atoms with Gasteiger partial charge in [-0.25, -0.2) is 0 Å². The lowest BCUT2D eigenvalue weighted by molar-refractivity contribution is 0.843. The van der Waals surface area contributed by atoms with Crippen LogP contribution in [0.1, 0.15) is 11.1 Å². The van der Waals surface area contributed by atoms with E-state index in [0.29, 0.717) is 12.8 Å². The van der Waals surface area contributed by atoms with Gasteiger partial charge in [0.2, 0.25) is 0 Å². The van der Waals surface area contributed by atoms with Crippen molar-refractivity contribution < 1.29 is 0 Å². The Balaban J connectivity index is 1.56. The predicted molar refractivity (Wildman–Crippen MR) is 91.5 cm³/mol. The summed E-state index contributed by atoms with van der Waals surface area (Å²) in [7, 11) is 0. The second kappa shape index (κ2) is 6.81. The van der Waals surface area contributed by atoms with Crippen molar-refractivity contribution in [3.63, 3.8) is 0 Å². The van der Waals surface area contributed by atoms with Gasteiger partial charge in [-0.1, -0.05) is 47.5 Å². The SMILES string of the molecule is Clc1ccc(CC2=NNC(Cc3ccc(Cl)cc3)=NN2)cc1. The van der Waals surface area contributed by atoms with Crippen molar-refractivity contribution in [1.29, 1.82) is 0 Å². The van der Waals surface area contributed by atoms with Gasteiger partial charge in [-0.3, -0.25) is 10.9 Å². The van der Waals surface area contributed by atoms with E-state index in [2.05, 4.69) is 21.1 Å². The Bertz CT molecular complexity index is 642. The molecule has 0 saturated carbocycles. The van der Waals surface area contributed by atoms with E-state index in [1.54, 1.807) is 0 Å². The Kier molecular flexibility index (Phi) is 4.61. The zero-order chi connectivity index (χ0) is 15.4. The van der Waals surface area contributed by atoms with Gasteiger partial charge in [-0.15, -0.1) is 0 Å². The van der Waals surface area contributed by atoms with E-state index in [9.17, 15) is 0 Å². The topological polar surface area (TPSA) is 48.8 Å². The fourth-order valence-electron chi connectivity index (χ4n) is 2.06. The van der Waals surface area contributed by atoms with Gasteiger partial charge in [0.1, 0.15) is 11.7 Å². The van der Waals surface area contributed by atoms with Crippen LogP contribution < -0.4 is 10.9 Å². The minimum Gasteiger partial charge on any atom is -0.261 e. The highest BCUT2D eigenvalue weighted by atomic mass is 35.5. The Labute approximate surface area is 138 Å². The van der Waals surface area contributed by atoms with Crippen LogP contribution in [0, 0.1) is 0 Å². The molecule has 0 saturated heterocycles. The largest absolute Gasteiger partial charge is 0.261 e. The van der Waals surface area contributed by atoms with Crippen LogP contribution in [-0.4, -0.2) is 11.7 Å². The van der Waals surface area contributed by atoms with Gasteiger partial charge in [0.15, 0.2) is 0 Å². The smallest absolute Gasteiger partial charge is 0.147 e. The summed E-state index contributed by atoms with van der Waals surface area (Å²) >= 11 is 11.7. The van der Waals surface area contributed by atoms with Gasteiger partial charge in [-0.05, 0) is 35.4 Å². The number of benzene rings is 2. The first-order chi connectivity index (χ1) is 10.7. The molecule has 2 aromatic carbocycles. The molecule has 2 aromatic rings. The van der Waals surface area contributed by atoms with E-state index in [0.717, 1.165) is 32.8 Å². The molecule has 22 heavy (non-hydrogen) atoms. The summed E-state index contributed by atoms with van der Waals surface area (Å²) in [6, 6.07) is 15.3. The molecule has 0 amide bonds. The molecular weight excluding hydrogens is 319 g/mol. The molecule has 1 heterocycles. The average Bonchev–Trinajstić information content (AvgIpc) is 2.54. The molecule has 0 bridgehead atoms. The Hall–Kier alpha value is -2.04. The van der Waals surface area contributed by atoms with E-state index in [4.69, 9.17) is 23.2 Å². The highest BCUT2D eigenvalue weighted by molar-refractivity contribution is 6.30. The van der Waals surface area contributed by atoms with Crippen molar-refractivity contribution in [2.45, 2.75) is 12.8 Å². The van der Waals surface area contributed by atoms with Crippen molar-refractivity contribution >= 4 is 34.9 Å². The van der Waals surface area contributed by atoms with Crippen LogP contribution in [0.5, 0.6) is 0 Å². The average molecular weight is 333 g/mol. The molecule has 6 heteroatoms. The van der Waals surface area contributed by atoms with Crippen LogP contribution in [0.4, 0.5) is 0 Å². The summed E-state index contributed by atoms with van der Waals surface area (Å²) in [6.07, 6.45) is 1.34. The monoisotopic (exact) mass is 332 g/mol. The van der Waals surface area contributed by atoms with Crippen LogP contribution >= 0.6 is 23.2 Å². The first-order valence-electron chi connectivity index (χ1n) is 6.83. The molecule has 0 aliphatic carbocycles. The number of hydrogen-bond acceptors (Lipinski definition) is 4. The standard InChI is InChI=1S/C16H14Cl2N4/c17-13-5-1-11(2-6-13)9-15-19-21-16(22-20-15)10-12-3-7-14(18)8-4-12/h1-8H,9-10H2,(H,19,20)(H,21,22). The molecule has 1 aliphatic rings. The van der Waals surface area contributed by atoms with Crippen molar-refractivity contribution in [2.75, 3.05) is 0 Å². The second-order valence-corrected chi connectivity index (χ2v) is 5.82. The lowest BCUT2D eigenvalue weighted by atomic mass is 10.1. The molecule has 3 rings (SSSR count). The number of rotatable bonds is 4. The summed E-state index contributed by atoms with van der Waals surface area (Å²) in [5.41, 5.74) is 8.20. The summed E-state index contributed by atoms with van der Waals surface area (Å²) in [4.78, 5) is 0. The van der Waals surface area contributed by atoms with Crippen molar-refractivity contribution in [1.82, 2.24) is 10.9 Å². The van der Waals surface area contributed by atoms with E-state index in [1.807, 2.05) is 48.5 Å². The van der Waals surface area contributed by atoms with E-state index in [1.165, 1.54) is 0 Å². The van der Waals surface area contributed by atoms with Gasteiger partial charge < -0.3 is 0 Å². The number of nitrogens with zero attached hydrogens (tertiary/aromatic N) is 2. The molecule has 0 aromatic heterocycles. The van der Waals surface area contributed by atoms with Crippen molar-refractivity contribution in [3.05, 3.63) is 69.7 Å². The first-order valence-corrected chi connectivity index (χ1v) is 7.59. The summed E-state index contributed by atoms with van der Waals surface area (Å²) in [5.74, 6) is 1.53. The van der Waals surface area contributed by atoms with Gasteiger partial charge >= 0.3 is 0 Å². The molecular formula is C16H14Cl2N4. The van der Waals surface area contributed by atoms with E-state index in [-0.39, 0.29) is 0 Å².